The van der Waals surface area contributed by atoms with Gasteiger partial charge in [0.05, 0.1) is 12.7 Å². The summed E-state index contributed by atoms with van der Waals surface area (Å²) in [6.45, 7) is 4.73. The van der Waals surface area contributed by atoms with Crippen molar-refractivity contribution in [2.75, 3.05) is 0 Å². The molecule has 0 N–H and O–H groups in total. The highest BCUT2D eigenvalue weighted by atomic mass is 35.5. The van der Waals surface area contributed by atoms with Crippen LogP contribution in [0.4, 0.5) is 0 Å². The maximum absolute atomic E-state index is 6.29. The van der Waals surface area contributed by atoms with E-state index >= 15 is 0 Å². The van der Waals surface area contributed by atoms with Gasteiger partial charge in [0.1, 0.15) is 0 Å². The summed E-state index contributed by atoms with van der Waals surface area (Å²) in [5.41, 5.74) is 2.04. The van der Waals surface area contributed by atoms with E-state index < -0.39 is 0 Å². The Bertz CT molecular complexity index is 593. The number of ether oxygens (including phenoxy) is 1. The molecule has 0 fully saturated rings. The van der Waals surface area contributed by atoms with Gasteiger partial charge in [-0.1, -0.05) is 66.8 Å². The minimum atomic E-state index is -0.0783. The van der Waals surface area contributed by atoms with E-state index in [1.807, 2.05) is 36.4 Å². The second-order valence-corrected chi connectivity index (χ2v) is 6.55. The van der Waals surface area contributed by atoms with Crippen LogP contribution >= 0.6 is 34.8 Å². The number of hydrogen-bond acceptors (Lipinski definition) is 1. The quantitative estimate of drug-likeness (QED) is 0.597. The van der Waals surface area contributed by atoms with Crippen molar-refractivity contribution in [2.24, 2.45) is 5.92 Å². The van der Waals surface area contributed by atoms with Crippen LogP contribution in [-0.2, 0) is 11.3 Å². The zero-order valence-electron chi connectivity index (χ0n) is 11.9. The van der Waals surface area contributed by atoms with E-state index in [4.69, 9.17) is 39.5 Å². The Balaban J connectivity index is 2.14. The second kappa shape index (κ2) is 7.51. The molecule has 0 saturated heterocycles. The van der Waals surface area contributed by atoms with Crippen LogP contribution in [0.3, 0.4) is 0 Å². The first-order chi connectivity index (χ1) is 9.97. The van der Waals surface area contributed by atoms with Crippen LogP contribution in [-0.4, -0.2) is 0 Å². The molecule has 4 heteroatoms. The molecule has 0 heterocycles. The molecule has 0 radical (unpaired) electrons. The van der Waals surface area contributed by atoms with Crippen LogP contribution in [0, 0.1) is 5.92 Å². The highest BCUT2D eigenvalue weighted by Crippen LogP contribution is 2.33. The molecule has 0 amide bonds. The predicted molar refractivity (Wildman–Crippen MR) is 90.3 cm³/mol. The van der Waals surface area contributed by atoms with Gasteiger partial charge in [0.2, 0.25) is 0 Å². The average Bonchev–Trinajstić information content (AvgIpc) is 2.42. The number of hydrogen-bond donors (Lipinski definition) is 0. The highest BCUT2D eigenvalue weighted by molar-refractivity contribution is 6.35. The standard InChI is InChI=1S/C17H17Cl3O/c1-11(2)17(15-8-7-14(19)9-16(15)20)21-10-12-3-5-13(18)6-4-12/h3-9,11,17H,10H2,1-2H3. The maximum Gasteiger partial charge on any atom is 0.0866 e. The molecule has 1 atom stereocenters. The number of benzene rings is 2. The third kappa shape index (κ3) is 4.62. The SMILES string of the molecule is CC(C)C(OCc1ccc(Cl)cc1)c1ccc(Cl)cc1Cl. The van der Waals surface area contributed by atoms with Crippen molar-refractivity contribution >= 4 is 34.8 Å². The van der Waals surface area contributed by atoms with Crippen molar-refractivity contribution < 1.29 is 4.74 Å². The van der Waals surface area contributed by atoms with Gasteiger partial charge in [-0.2, -0.15) is 0 Å². The van der Waals surface area contributed by atoms with Gasteiger partial charge in [-0.3, -0.25) is 0 Å². The Morgan fingerprint density at radius 1 is 0.905 bits per heavy atom. The van der Waals surface area contributed by atoms with Crippen LogP contribution in [0.2, 0.25) is 15.1 Å². The van der Waals surface area contributed by atoms with Gasteiger partial charge in [-0.05, 0) is 41.3 Å². The first kappa shape index (κ1) is 16.6. The first-order valence-electron chi connectivity index (χ1n) is 6.78. The van der Waals surface area contributed by atoms with E-state index in [9.17, 15) is 0 Å². The lowest BCUT2D eigenvalue weighted by atomic mass is 9.99. The summed E-state index contributed by atoms with van der Waals surface area (Å²) in [4.78, 5) is 0. The summed E-state index contributed by atoms with van der Waals surface area (Å²) in [6, 6.07) is 13.2. The molecule has 0 saturated carbocycles. The molecule has 0 spiro atoms. The minimum absolute atomic E-state index is 0.0783. The first-order valence-corrected chi connectivity index (χ1v) is 7.91. The van der Waals surface area contributed by atoms with Gasteiger partial charge in [0, 0.05) is 15.1 Å². The van der Waals surface area contributed by atoms with Crippen LogP contribution in [0.15, 0.2) is 42.5 Å². The fraction of sp³-hybridized carbons (Fsp3) is 0.294. The van der Waals surface area contributed by atoms with E-state index in [1.54, 1.807) is 6.07 Å². The van der Waals surface area contributed by atoms with E-state index in [0.29, 0.717) is 22.6 Å². The lowest BCUT2D eigenvalue weighted by Gasteiger charge is -2.23. The topological polar surface area (TPSA) is 9.23 Å². The summed E-state index contributed by atoms with van der Waals surface area (Å²) in [5.74, 6) is 0.302. The van der Waals surface area contributed by atoms with E-state index in [0.717, 1.165) is 16.1 Å². The molecule has 0 bridgehead atoms. The Kier molecular flexibility index (Phi) is 5.95. The molecule has 2 aromatic rings. The average molecular weight is 344 g/mol. The van der Waals surface area contributed by atoms with Crippen molar-refractivity contribution in [3.8, 4) is 0 Å². The van der Waals surface area contributed by atoms with Crippen LogP contribution in [0.5, 0.6) is 0 Å². The van der Waals surface area contributed by atoms with Gasteiger partial charge in [-0.25, -0.2) is 0 Å². The number of halogens is 3. The molecular formula is C17H17Cl3O. The van der Waals surface area contributed by atoms with Gasteiger partial charge in [-0.15, -0.1) is 0 Å². The fourth-order valence-corrected chi connectivity index (χ4v) is 2.78. The molecule has 0 aromatic heterocycles. The minimum Gasteiger partial charge on any atom is -0.369 e. The highest BCUT2D eigenvalue weighted by Gasteiger charge is 2.19. The molecule has 2 rings (SSSR count). The lowest BCUT2D eigenvalue weighted by Crippen LogP contribution is -2.12. The Hall–Kier alpha value is -0.730. The Morgan fingerprint density at radius 2 is 1.52 bits per heavy atom. The second-order valence-electron chi connectivity index (χ2n) is 5.27. The van der Waals surface area contributed by atoms with Crippen LogP contribution in [0.1, 0.15) is 31.1 Å². The summed E-state index contributed by atoms with van der Waals surface area (Å²) in [7, 11) is 0. The Labute approximate surface area is 140 Å². The molecular weight excluding hydrogens is 327 g/mol. The fourth-order valence-electron chi connectivity index (χ4n) is 2.14. The Morgan fingerprint density at radius 3 is 2.10 bits per heavy atom. The van der Waals surface area contributed by atoms with Crippen LogP contribution in [0.25, 0.3) is 0 Å². The largest absolute Gasteiger partial charge is 0.369 e. The van der Waals surface area contributed by atoms with Crippen molar-refractivity contribution in [3.63, 3.8) is 0 Å². The lowest BCUT2D eigenvalue weighted by molar-refractivity contribution is 0.00906. The van der Waals surface area contributed by atoms with Crippen LogP contribution < -0.4 is 0 Å². The smallest absolute Gasteiger partial charge is 0.0866 e. The molecule has 112 valence electrons. The summed E-state index contributed by atoms with van der Waals surface area (Å²) >= 11 is 18.1. The zero-order chi connectivity index (χ0) is 15.4. The third-order valence-corrected chi connectivity index (χ3v) is 4.03. The molecule has 0 aliphatic carbocycles. The van der Waals surface area contributed by atoms with E-state index in [-0.39, 0.29) is 6.10 Å². The van der Waals surface area contributed by atoms with Crippen molar-refractivity contribution in [2.45, 2.75) is 26.6 Å². The molecule has 1 nitrogen and oxygen atoms in total. The van der Waals surface area contributed by atoms with Crippen molar-refractivity contribution in [1.82, 2.24) is 0 Å². The third-order valence-electron chi connectivity index (χ3n) is 3.22. The molecule has 21 heavy (non-hydrogen) atoms. The van der Waals surface area contributed by atoms with Crippen molar-refractivity contribution in [1.29, 1.82) is 0 Å². The van der Waals surface area contributed by atoms with Gasteiger partial charge in [0.15, 0.2) is 0 Å². The van der Waals surface area contributed by atoms with E-state index in [2.05, 4.69) is 13.8 Å². The normalized spacial score (nSPS) is 12.7. The van der Waals surface area contributed by atoms with Gasteiger partial charge in [0.25, 0.3) is 0 Å². The zero-order valence-corrected chi connectivity index (χ0v) is 14.2. The van der Waals surface area contributed by atoms with Gasteiger partial charge < -0.3 is 4.74 Å². The summed E-state index contributed by atoms with van der Waals surface area (Å²) in [6.07, 6.45) is -0.0783. The van der Waals surface area contributed by atoms with Crippen molar-refractivity contribution in [3.05, 3.63) is 68.7 Å². The molecule has 0 aliphatic heterocycles. The molecule has 1 unspecified atom stereocenters. The van der Waals surface area contributed by atoms with E-state index in [1.165, 1.54) is 0 Å². The molecule has 0 aliphatic rings. The summed E-state index contributed by atoms with van der Waals surface area (Å²) < 4.78 is 6.07. The maximum atomic E-state index is 6.29. The van der Waals surface area contributed by atoms with Gasteiger partial charge >= 0.3 is 0 Å². The number of rotatable bonds is 5. The molecule has 2 aromatic carbocycles. The summed E-state index contributed by atoms with van der Waals surface area (Å²) in [5, 5.41) is 1.99. The monoisotopic (exact) mass is 342 g/mol. The predicted octanol–water partition coefficient (Wildman–Crippen LogP) is 6.56.